The SMILES string of the molecule is COc1cccc2c1C(=O)c1c(O)c3c(c(O)c1C2=O)C[C@@](O)(C(=O)CO)C[C@@H]3O[C@H]1CC(NC(=O)OC2CCC3[C@H]4CCc5cc(O)ccc5C4CCC23C)[C@H](O)[C@H](C)O1. The third-order valence-electron chi connectivity index (χ3n) is 14.9. The van der Waals surface area contributed by atoms with E-state index in [-0.39, 0.29) is 51.7 Å². The van der Waals surface area contributed by atoms with Crippen LogP contribution in [0.4, 0.5) is 4.79 Å². The first kappa shape index (κ1) is 41.3. The minimum Gasteiger partial charge on any atom is -0.508 e. The summed E-state index contributed by atoms with van der Waals surface area (Å²) in [4.78, 5) is 54.6. The summed E-state index contributed by atoms with van der Waals surface area (Å²) in [6.07, 6.45) is -1.93. The Morgan fingerprint density at radius 1 is 0.984 bits per heavy atom. The number of phenolic OH excluding ortho intramolecular Hbond substituents is 3. The topological polar surface area (TPSA) is 239 Å². The van der Waals surface area contributed by atoms with E-state index in [2.05, 4.69) is 18.3 Å². The average molecular weight is 842 g/mol. The summed E-state index contributed by atoms with van der Waals surface area (Å²) < 4.78 is 23.9. The molecule has 0 aromatic heterocycles. The van der Waals surface area contributed by atoms with Crippen molar-refractivity contribution in [3.63, 3.8) is 0 Å². The summed E-state index contributed by atoms with van der Waals surface area (Å²) in [7, 11) is 1.32. The number of aliphatic hydroxyl groups excluding tert-OH is 2. The molecule has 3 aromatic rings. The number of ketones is 3. The molecule has 3 fully saturated rings. The Balaban J connectivity index is 0.952. The Morgan fingerprint density at radius 2 is 1.75 bits per heavy atom. The summed E-state index contributed by atoms with van der Waals surface area (Å²) in [5, 5.41) is 69.2. The molecule has 6 aliphatic rings. The highest BCUT2D eigenvalue weighted by atomic mass is 16.7. The molecule has 2 saturated carbocycles. The van der Waals surface area contributed by atoms with Gasteiger partial charge in [0.2, 0.25) is 5.78 Å². The van der Waals surface area contributed by atoms with Crippen LogP contribution in [0, 0.1) is 17.3 Å². The molecule has 15 nitrogen and oxygen atoms in total. The number of Topliss-reactive ketones (excluding diaryl/α,β-unsaturated/α-hetero) is 1. The minimum absolute atomic E-state index is 0.0706. The molecule has 1 aliphatic heterocycles. The molecule has 9 rings (SSSR count). The van der Waals surface area contributed by atoms with Crippen LogP contribution in [0.15, 0.2) is 36.4 Å². The number of methoxy groups -OCH3 is 1. The molecule has 5 aliphatic carbocycles. The number of benzene rings is 3. The molecular weight excluding hydrogens is 790 g/mol. The molecule has 324 valence electrons. The molecule has 61 heavy (non-hydrogen) atoms. The number of hydrogen-bond acceptors (Lipinski definition) is 14. The lowest BCUT2D eigenvalue weighted by Gasteiger charge is -2.50. The van der Waals surface area contributed by atoms with Crippen molar-refractivity contribution in [3.05, 3.63) is 80.9 Å². The van der Waals surface area contributed by atoms with Crippen molar-refractivity contribution in [1.29, 1.82) is 0 Å². The van der Waals surface area contributed by atoms with Gasteiger partial charge in [0.1, 0.15) is 47.4 Å². The molecule has 0 spiro atoms. The van der Waals surface area contributed by atoms with Gasteiger partial charge >= 0.3 is 6.09 Å². The summed E-state index contributed by atoms with van der Waals surface area (Å²) in [5.74, 6) is -2.55. The largest absolute Gasteiger partial charge is 0.508 e. The maximum Gasteiger partial charge on any atom is 0.407 e. The van der Waals surface area contributed by atoms with Gasteiger partial charge in [-0.25, -0.2) is 4.79 Å². The van der Waals surface area contributed by atoms with Crippen molar-refractivity contribution in [2.24, 2.45) is 17.3 Å². The Kier molecular flexibility index (Phi) is 10.2. The van der Waals surface area contributed by atoms with Crippen LogP contribution in [0.25, 0.3) is 0 Å². The van der Waals surface area contributed by atoms with Crippen LogP contribution in [0.1, 0.15) is 125 Å². The van der Waals surface area contributed by atoms with Gasteiger partial charge in [0, 0.05) is 41.4 Å². The quantitative estimate of drug-likeness (QED) is 0.128. The Labute approximate surface area is 351 Å². The van der Waals surface area contributed by atoms with Gasteiger partial charge in [0.15, 0.2) is 17.9 Å². The van der Waals surface area contributed by atoms with Gasteiger partial charge in [-0.15, -0.1) is 0 Å². The van der Waals surface area contributed by atoms with Crippen molar-refractivity contribution < 1.29 is 68.8 Å². The molecule has 0 radical (unpaired) electrons. The van der Waals surface area contributed by atoms with E-state index in [1.807, 2.05) is 6.07 Å². The lowest BCUT2D eigenvalue weighted by Crippen LogP contribution is -2.56. The maximum absolute atomic E-state index is 14.0. The summed E-state index contributed by atoms with van der Waals surface area (Å²) in [6.45, 7) is 2.70. The lowest BCUT2D eigenvalue weighted by molar-refractivity contribution is -0.249. The summed E-state index contributed by atoms with van der Waals surface area (Å²) in [6, 6.07) is 9.09. The van der Waals surface area contributed by atoms with Gasteiger partial charge in [-0.1, -0.05) is 25.1 Å². The molecule has 7 N–H and O–H groups in total. The van der Waals surface area contributed by atoms with Crippen molar-refractivity contribution in [1.82, 2.24) is 5.32 Å². The number of carbonyl (C=O) groups is 4. The number of hydrogen-bond donors (Lipinski definition) is 7. The van der Waals surface area contributed by atoms with E-state index in [9.17, 15) is 49.8 Å². The number of ether oxygens (including phenoxy) is 4. The van der Waals surface area contributed by atoms with E-state index in [4.69, 9.17) is 18.9 Å². The molecule has 11 atom stereocenters. The number of nitrogens with one attached hydrogen (secondary N) is 1. The smallest absolute Gasteiger partial charge is 0.407 e. The zero-order valence-electron chi connectivity index (χ0n) is 34.2. The first-order chi connectivity index (χ1) is 29.1. The van der Waals surface area contributed by atoms with Crippen LogP contribution >= 0.6 is 0 Å². The van der Waals surface area contributed by atoms with E-state index < -0.39 is 102 Å². The zero-order valence-corrected chi connectivity index (χ0v) is 34.2. The van der Waals surface area contributed by atoms with Crippen LogP contribution in [0.5, 0.6) is 23.0 Å². The number of aryl methyl sites for hydroxylation is 1. The van der Waals surface area contributed by atoms with Crippen molar-refractivity contribution in [2.75, 3.05) is 13.7 Å². The van der Waals surface area contributed by atoms with Crippen LogP contribution < -0.4 is 10.1 Å². The normalized spacial score (nSPS) is 33.6. The third kappa shape index (κ3) is 6.50. The van der Waals surface area contributed by atoms with Crippen LogP contribution in [0.2, 0.25) is 0 Å². The highest BCUT2D eigenvalue weighted by Crippen LogP contribution is 2.62. The number of phenols is 3. The average Bonchev–Trinajstić information content (AvgIpc) is 3.57. The molecule has 3 aromatic carbocycles. The molecule has 15 heteroatoms. The zero-order chi connectivity index (χ0) is 43.3. The number of amides is 1. The molecule has 5 unspecified atom stereocenters. The predicted octanol–water partition coefficient (Wildman–Crippen LogP) is 4.40. The Bertz CT molecular complexity index is 2340. The second-order valence-corrected chi connectivity index (χ2v) is 18.1. The number of alkyl carbamates (subject to hydrolysis) is 1. The first-order valence-corrected chi connectivity index (χ1v) is 21.1. The van der Waals surface area contributed by atoms with E-state index in [0.717, 1.165) is 32.1 Å². The highest BCUT2D eigenvalue weighted by molar-refractivity contribution is 6.31. The lowest BCUT2D eigenvalue weighted by atomic mass is 9.55. The fraction of sp³-hybridized carbons (Fsp3) is 0.522. The molecule has 1 saturated heterocycles. The van der Waals surface area contributed by atoms with Crippen molar-refractivity contribution in [2.45, 2.75) is 120 Å². The number of carbonyl (C=O) groups excluding carboxylic acids is 4. The Hall–Kier alpha value is -5.06. The number of fused-ring (bicyclic) bond motifs is 8. The first-order valence-electron chi connectivity index (χ1n) is 21.1. The Morgan fingerprint density at radius 3 is 2.51 bits per heavy atom. The third-order valence-corrected chi connectivity index (χ3v) is 14.9. The van der Waals surface area contributed by atoms with Gasteiger partial charge in [-0.3, -0.25) is 14.4 Å². The van der Waals surface area contributed by atoms with Gasteiger partial charge in [-0.05, 0) is 92.5 Å². The number of aliphatic hydroxyl groups is 3. The highest BCUT2D eigenvalue weighted by Gasteiger charge is 2.57. The van der Waals surface area contributed by atoms with Crippen LogP contribution in [0.3, 0.4) is 0 Å². The predicted molar refractivity (Wildman–Crippen MR) is 214 cm³/mol. The van der Waals surface area contributed by atoms with E-state index in [1.54, 1.807) is 13.0 Å². The van der Waals surface area contributed by atoms with Gasteiger partial charge in [-0.2, -0.15) is 0 Å². The van der Waals surface area contributed by atoms with Crippen molar-refractivity contribution in [3.8, 4) is 23.0 Å². The minimum atomic E-state index is -2.34. The van der Waals surface area contributed by atoms with Gasteiger partial charge in [0.25, 0.3) is 0 Å². The second kappa shape index (κ2) is 15.1. The van der Waals surface area contributed by atoms with Crippen LogP contribution in [-0.2, 0) is 31.8 Å². The maximum atomic E-state index is 14.0. The number of rotatable bonds is 7. The molecule has 0 bridgehead atoms. The van der Waals surface area contributed by atoms with Gasteiger partial charge < -0.3 is 54.9 Å². The molecular formula is C46H51NO14. The number of aromatic hydroxyl groups is 3. The van der Waals surface area contributed by atoms with Crippen LogP contribution in [-0.4, -0.2) is 104 Å². The summed E-state index contributed by atoms with van der Waals surface area (Å²) in [5.41, 5.74) is -1.71. The van der Waals surface area contributed by atoms with Crippen molar-refractivity contribution >= 4 is 23.4 Å². The van der Waals surface area contributed by atoms with Gasteiger partial charge in [0.05, 0.1) is 42.0 Å². The standard InChI is InChI=1S/C46H51NO14/c1-20-39(51)29(47-44(56)61-33-12-11-28-25-9-7-21-15-22(49)8-10-23(21)24(25)13-14-45(28,33)2)16-34(59-20)60-31-18-46(57,32(50)19-48)17-27-36(31)43(55)38-37(41(27)53)40(52)26-5-4-6-30(58-3)35(26)42(38)54/h4-6,8,10,15,20,24-25,28-29,31,33-34,39,48-49,51,53,55,57H,7,9,11-14,16-19H2,1-3H3,(H,47,56)/t20-,24?,25-,28?,29?,31-,33?,34-,39+,45?,46-/m0/s1. The van der Waals surface area contributed by atoms with E-state index in [1.165, 1.54) is 36.4 Å². The fourth-order valence-corrected chi connectivity index (χ4v) is 11.9. The fourth-order valence-electron chi connectivity index (χ4n) is 11.9. The van der Waals surface area contributed by atoms with E-state index in [0.29, 0.717) is 24.2 Å². The van der Waals surface area contributed by atoms with E-state index >= 15 is 0 Å². The monoisotopic (exact) mass is 841 g/mol. The molecule has 1 heterocycles. The summed E-state index contributed by atoms with van der Waals surface area (Å²) >= 11 is 0. The molecule has 1 amide bonds. The second-order valence-electron chi connectivity index (χ2n) is 18.1.